The number of hydrogen-bond acceptors (Lipinski definition) is 6. The van der Waals surface area contributed by atoms with Crippen LogP contribution < -0.4 is 16.4 Å². The smallest absolute Gasteiger partial charge is 0.191 e. The summed E-state index contributed by atoms with van der Waals surface area (Å²) < 4.78 is 1.62. The van der Waals surface area contributed by atoms with Gasteiger partial charge in [0.25, 0.3) is 0 Å². The monoisotopic (exact) mass is 408 g/mol. The zero-order chi connectivity index (χ0) is 20.6. The Balaban J connectivity index is 1.54. The van der Waals surface area contributed by atoms with Crippen molar-refractivity contribution < 1.29 is 0 Å². The number of aryl methyl sites for hydroxylation is 2. The fourth-order valence-electron chi connectivity index (χ4n) is 2.87. The molecule has 0 radical (unpaired) electrons. The molecule has 0 saturated carbocycles. The number of nitrogens with two attached hydrogens (primary N) is 1. The van der Waals surface area contributed by atoms with Crippen LogP contribution in [0.5, 0.6) is 0 Å². The zero-order valence-electron chi connectivity index (χ0n) is 16.5. The van der Waals surface area contributed by atoms with Crippen LogP contribution in [0.2, 0.25) is 0 Å². The van der Waals surface area contributed by atoms with Crippen LogP contribution in [-0.4, -0.2) is 34.3 Å². The first-order valence-corrected chi connectivity index (χ1v) is 10.1. The molecule has 0 unspecified atom stereocenters. The Hall–Kier alpha value is -3.38. The minimum absolute atomic E-state index is 0.373. The van der Waals surface area contributed by atoms with Gasteiger partial charge in [-0.2, -0.15) is 10.4 Å². The van der Waals surface area contributed by atoms with E-state index in [9.17, 15) is 5.26 Å². The molecule has 0 bridgehead atoms. The van der Waals surface area contributed by atoms with Crippen molar-refractivity contribution in [2.75, 3.05) is 19.3 Å². The zero-order valence-corrected chi connectivity index (χ0v) is 17.3. The molecule has 2 heterocycles. The summed E-state index contributed by atoms with van der Waals surface area (Å²) in [7, 11) is 1.73. The normalized spacial score (nSPS) is 11.3. The molecule has 2 aromatic heterocycles. The number of nitrogens with one attached hydrogen (secondary N) is 2. The maximum absolute atomic E-state index is 9.49. The van der Waals surface area contributed by atoms with E-state index in [2.05, 4.69) is 31.8 Å². The Morgan fingerprint density at radius 2 is 2.10 bits per heavy atom. The molecule has 0 atom stereocenters. The first kappa shape index (κ1) is 20.4. The number of nitriles is 1. The summed E-state index contributed by atoms with van der Waals surface area (Å²) >= 11 is 1.66. The van der Waals surface area contributed by atoms with Gasteiger partial charge in [0.05, 0.1) is 17.9 Å². The molecule has 0 saturated heterocycles. The minimum atomic E-state index is 0.373. The third-order valence-electron chi connectivity index (χ3n) is 4.29. The molecule has 0 aliphatic rings. The summed E-state index contributed by atoms with van der Waals surface area (Å²) in [5, 5.41) is 21.6. The van der Waals surface area contributed by atoms with E-state index in [1.165, 1.54) is 4.88 Å². The summed E-state index contributed by atoms with van der Waals surface area (Å²) in [6.07, 6.45) is 3.30. The van der Waals surface area contributed by atoms with Gasteiger partial charge in [0.2, 0.25) is 0 Å². The number of aliphatic imine (C=N–C) groups is 1. The van der Waals surface area contributed by atoms with Crippen molar-refractivity contribution in [3.63, 3.8) is 0 Å². The first-order chi connectivity index (χ1) is 14.1. The summed E-state index contributed by atoms with van der Waals surface area (Å²) in [5.74, 6) is 1.09. The number of anilines is 1. The molecule has 150 valence electrons. The van der Waals surface area contributed by atoms with Gasteiger partial charge in [0.15, 0.2) is 5.96 Å². The van der Waals surface area contributed by atoms with Crippen LogP contribution in [0.15, 0.2) is 41.5 Å². The summed E-state index contributed by atoms with van der Waals surface area (Å²) in [5.41, 5.74) is 8.13. The number of guanidine groups is 1. The topological polar surface area (TPSA) is 117 Å². The molecule has 4 N–H and O–H groups in total. The van der Waals surface area contributed by atoms with E-state index in [1.807, 2.05) is 43.5 Å². The number of nitrogen functional groups attached to an aromatic ring is 1. The number of nitrogens with zero attached hydrogens (tertiary/aromatic N) is 5. The largest absolute Gasteiger partial charge is 0.382 e. The van der Waals surface area contributed by atoms with Gasteiger partial charge in [-0.05, 0) is 31.9 Å². The molecule has 9 heteroatoms. The highest BCUT2D eigenvalue weighted by Crippen LogP contribution is 2.21. The molecule has 0 fully saturated rings. The quantitative estimate of drug-likeness (QED) is 0.314. The molecule has 29 heavy (non-hydrogen) atoms. The van der Waals surface area contributed by atoms with Gasteiger partial charge in [-0.1, -0.05) is 18.2 Å². The van der Waals surface area contributed by atoms with Crippen LogP contribution in [0, 0.1) is 18.3 Å². The maximum atomic E-state index is 9.49. The fourth-order valence-corrected chi connectivity index (χ4v) is 3.59. The SMILES string of the molecule is CN=C(NCCCc1nn(-c2ccccc2)c(N)c1C#N)NCc1ncc(C)s1. The van der Waals surface area contributed by atoms with Crippen molar-refractivity contribution in [3.8, 4) is 11.8 Å². The lowest BCUT2D eigenvalue weighted by atomic mass is 10.1. The van der Waals surface area contributed by atoms with Crippen LogP contribution in [0.1, 0.15) is 27.6 Å². The predicted molar refractivity (Wildman–Crippen MR) is 116 cm³/mol. The van der Waals surface area contributed by atoms with Crippen LogP contribution in [-0.2, 0) is 13.0 Å². The van der Waals surface area contributed by atoms with E-state index < -0.39 is 0 Å². The molecular weight excluding hydrogens is 384 g/mol. The van der Waals surface area contributed by atoms with Crippen LogP contribution in [0.4, 0.5) is 5.82 Å². The van der Waals surface area contributed by atoms with Crippen molar-refractivity contribution in [3.05, 3.63) is 57.7 Å². The molecule has 0 spiro atoms. The van der Waals surface area contributed by atoms with Crippen molar-refractivity contribution in [2.45, 2.75) is 26.3 Å². The standard InChI is InChI=1S/C20H24N8S/c1-14-12-25-18(29-14)13-26-20(23-2)24-10-6-9-17-16(11-21)19(22)28(27-17)15-7-4-3-5-8-15/h3-5,7-8,12H,6,9-10,13,22H2,1-2H3,(H2,23,24,26). The van der Waals surface area contributed by atoms with Gasteiger partial charge in [-0.15, -0.1) is 11.3 Å². The van der Waals surface area contributed by atoms with Crippen molar-refractivity contribution in [2.24, 2.45) is 4.99 Å². The third-order valence-corrected chi connectivity index (χ3v) is 5.20. The summed E-state index contributed by atoms with van der Waals surface area (Å²) in [6, 6.07) is 11.8. The van der Waals surface area contributed by atoms with E-state index in [4.69, 9.17) is 5.73 Å². The molecule has 0 amide bonds. The minimum Gasteiger partial charge on any atom is -0.382 e. The second-order valence-electron chi connectivity index (χ2n) is 6.39. The first-order valence-electron chi connectivity index (χ1n) is 9.31. The molecular formula is C20H24N8S. The van der Waals surface area contributed by atoms with E-state index >= 15 is 0 Å². The van der Waals surface area contributed by atoms with E-state index in [0.29, 0.717) is 42.5 Å². The Morgan fingerprint density at radius 1 is 1.31 bits per heavy atom. The van der Waals surface area contributed by atoms with Crippen LogP contribution in [0.3, 0.4) is 0 Å². The number of aromatic nitrogens is 3. The number of hydrogen-bond donors (Lipinski definition) is 3. The van der Waals surface area contributed by atoms with Gasteiger partial charge in [0, 0.05) is 24.7 Å². The van der Waals surface area contributed by atoms with Crippen molar-refractivity contribution in [1.29, 1.82) is 5.26 Å². The summed E-state index contributed by atoms with van der Waals surface area (Å²) in [6.45, 7) is 3.36. The second kappa shape index (κ2) is 9.71. The molecule has 3 rings (SSSR count). The lowest BCUT2D eigenvalue weighted by Gasteiger charge is -2.10. The van der Waals surface area contributed by atoms with E-state index in [1.54, 1.807) is 23.1 Å². The number of rotatable bonds is 7. The average Bonchev–Trinajstić information content (AvgIpc) is 3.30. The van der Waals surface area contributed by atoms with Crippen LogP contribution in [0.25, 0.3) is 5.69 Å². The van der Waals surface area contributed by atoms with E-state index in [-0.39, 0.29) is 0 Å². The predicted octanol–water partition coefficient (Wildman–Crippen LogP) is 2.39. The van der Waals surface area contributed by atoms with Gasteiger partial charge >= 0.3 is 0 Å². The van der Waals surface area contributed by atoms with Crippen molar-refractivity contribution in [1.82, 2.24) is 25.4 Å². The second-order valence-corrected chi connectivity index (χ2v) is 7.71. The lowest BCUT2D eigenvalue weighted by molar-refractivity contribution is 0.721. The van der Waals surface area contributed by atoms with Crippen molar-refractivity contribution >= 4 is 23.1 Å². The lowest BCUT2D eigenvalue weighted by Crippen LogP contribution is -2.37. The highest BCUT2D eigenvalue weighted by atomic mass is 32.1. The number of para-hydroxylation sites is 1. The van der Waals surface area contributed by atoms with Gasteiger partial charge in [0.1, 0.15) is 22.5 Å². The Labute approximate surface area is 174 Å². The maximum Gasteiger partial charge on any atom is 0.191 e. The number of thiazole rings is 1. The molecule has 0 aliphatic carbocycles. The molecule has 0 aliphatic heterocycles. The molecule has 3 aromatic rings. The summed E-state index contributed by atoms with van der Waals surface area (Å²) in [4.78, 5) is 9.75. The number of benzene rings is 1. The Kier molecular flexibility index (Phi) is 6.81. The highest BCUT2D eigenvalue weighted by Gasteiger charge is 2.16. The average molecular weight is 409 g/mol. The third kappa shape index (κ3) is 5.12. The van der Waals surface area contributed by atoms with Gasteiger partial charge < -0.3 is 16.4 Å². The Bertz CT molecular complexity index is 1010. The Morgan fingerprint density at radius 3 is 2.76 bits per heavy atom. The van der Waals surface area contributed by atoms with E-state index in [0.717, 1.165) is 17.1 Å². The van der Waals surface area contributed by atoms with Gasteiger partial charge in [-0.25, -0.2) is 9.67 Å². The van der Waals surface area contributed by atoms with Gasteiger partial charge in [-0.3, -0.25) is 4.99 Å². The molecule has 8 nitrogen and oxygen atoms in total. The molecule has 1 aromatic carbocycles. The fraction of sp³-hybridized carbons (Fsp3) is 0.300. The highest BCUT2D eigenvalue weighted by molar-refractivity contribution is 7.11. The van der Waals surface area contributed by atoms with Crippen LogP contribution >= 0.6 is 11.3 Å².